The van der Waals surface area contributed by atoms with E-state index in [9.17, 15) is 9.59 Å². The van der Waals surface area contributed by atoms with E-state index in [0.717, 1.165) is 23.2 Å². The average Bonchev–Trinajstić information content (AvgIpc) is 2.77. The van der Waals surface area contributed by atoms with E-state index in [1.165, 1.54) is 0 Å². The van der Waals surface area contributed by atoms with Gasteiger partial charge < -0.3 is 14.4 Å². The van der Waals surface area contributed by atoms with E-state index < -0.39 is 0 Å². The highest BCUT2D eigenvalue weighted by Crippen LogP contribution is 2.29. The van der Waals surface area contributed by atoms with Crippen LogP contribution in [0.4, 0.5) is 0 Å². The number of esters is 1. The molecule has 2 aromatic carbocycles. The van der Waals surface area contributed by atoms with Crippen LogP contribution < -0.4 is 0 Å². The van der Waals surface area contributed by atoms with Gasteiger partial charge in [0.25, 0.3) is 0 Å². The molecule has 1 aliphatic rings. The molecule has 5 heteroatoms. The fraction of sp³-hybridized carbons (Fsp3) is 0.360. The van der Waals surface area contributed by atoms with Crippen LogP contribution in [0.1, 0.15) is 43.7 Å². The average molecular weight is 408 g/mol. The van der Waals surface area contributed by atoms with Crippen molar-refractivity contribution < 1.29 is 19.1 Å². The summed E-state index contributed by atoms with van der Waals surface area (Å²) >= 11 is 0. The molecule has 0 aliphatic carbocycles. The summed E-state index contributed by atoms with van der Waals surface area (Å²) in [6.45, 7) is 3.69. The fourth-order valence-corrected chi connectivity index (χ4v) is 3.60. The molecular formula is C25H29NO4. The summed E-state index contributed by atoms with van der Waals surface area (Å²) in [4.78, 5) is 27.0. The Morgan fingerprint density at radius 1 is 0.967 bits per heavy atom. The monoisotopic (exact) mass is 407 g/mol. The zero-order valence-electron chi connectivity index (χ0n) is 17.5. The highest BCUT2D eigenvalue weighted by molar-refractivity contribution is 5.93. The van der Waals surface area contributed by atoms with Crippen molar-refractivity contribution in [2.45, 2.75) is 45.8 Å². The molecule has 0 unspecified atom stereocenters. The second-order valence-electron chi connectivity index (χ2n) is 7.25. The standard InChI is InChI=1S/C25H29NO4/c1-2-30-25(28)22-15-16-24(27)26(18-20-10-5-3-6-11-20)23(22)14-9-17-29-19-21-12-7-4-8-13-21/h3-8,10-13H,2,9,14-19H2,1H3. The van der Waals surface area contributed by atoms with Crippen molar-refractivity contribution in [2.24, 2.45) is 0 Å². The van der Waals surface area contributed by atoms with E-state index in [2.05, 4.69) is 0 Å². The zero-order valence-corrected chi connectivity index (χ0v) is 17.5. The van der Waals surface area contributed by atoms with Gasteiger partial charge in [0.05, 0.1) is 25.3 Å². The highest BCUT2D eigenvalue weighted by atomic mass is 16.5. The lowest BCUT2D eigenvalue weighted by molar-refractivity contribution is -0.139. The number of amides is 1. The maximum Gasteiger partial charge on any atom is 0.335 e. The molecule has 1 aliphatic heterocycles. The number of hydrogen-bond donors (Lipinski definition) is 0. The fourth-order valence-electron chi connectivity index (χ4n) is 3.60. The van der Waals surface area contributed by atoms with Crippen molar-refractivity contribution in [1.82, 2.24) is 4.90 Å². The Bertz CT molecular complexity index is 861. The number of carbonyl (C=O) groups is 2. The maximum atomic E-state index is 12.7. The molecule has 0 saturated carbocycles. The minimum atomic E-state index is -0.316. The quantitative estimate of drug-likeness (QED) is 0.426. The number of allylic oxidation sites excluding steroid dienone is 1. The van der Waals surface area contributed by atoms with Crippen LogP contribution in [0.3, 0.4) is 0 Å². The summed E-state index contributed by atoms with van der Waals surface area (Å²) in [5.74, 6) is -0.268. The van der Waals surface area contributed by atoms with Crippen molar-refractivity contribution in [3.05, 3.63) is 83.1 Å². The summed E-state index contributed by atoms with van der Waals surface area (Å²) in [6, 6.07) is 19.9. The lowest BCUT2D eigenvalue weighted by Crippen LogP contribution is -2.36. The molecule has 0 bridgehead atoms. The number of carbonyl (C=O) groups excluding carboxylic acids is 2. The van der Waals surface area contributed by atoms with E-state index in [4.69, 9.17) is 9.47 Å². The highest BCUT2D eigenvalue weighted by Gasteiger charge is 2.30. The van der Waals surface area contributed by atoms with E-state index in [-0.39, 0.29) is 11.9 Å². The number of ether oxygens (including phenoxy) is 2. The zero-order chi connectivity index (χ0) is 21.2. The van der Waals surface area contributed by atoms with Gasteiger partial charge in [-0.05, 0) is 37.3 Å². The first-order valence-corrected chi connectivity index (χ1v) is 10.5. The SMILES string of the molecule is CCOC(=O)C1=C(CCCOCc2ccccc2)N(Cc2ccccc2)C(=O)CC1. The largest absolute Gasteiger partial charge is 0.463 e. The van der Waals surface area contributed by atoms with Gasteiger partial charge in [0.1, 0.15) is 0 Å². The van der Waals surface area contributed by atoms with Gasteiger partial charge in [0.2, 0.25) is 5.91 Å². The van der Waals surface area contributed by atoms with Crippen molar-refractivity contribution in [2.75, 3.05) is 13.2 Å². The molecule has 0 radical (unpaired) electrons. The Morgan fingerprint density at radius 3 is 2.30 bits per heavy atom. The van der Waals surface area contributed by atoms with E-state index in [1.54, 1.807) is 11.8 Å². The number of hydrogen-bond acceptors (Lipinski definition) is 4. The molecule has 3 rings (SSSR count). The third-order valence-electron chi connectivity index (χ3n) is 5.08. The minimum absolute atomic E-state index is 0.0482. The van der Waals surface area contributed by atoms with Crippen LogP contribution in [-0.2, 0) is 32.2 Å². The van der Waals surface area contributed by atoms with Gasteiger partial charge in [0.15, 0.2) is 0 Å². The topological polar surface area (TPSA) is 55.8 Å². The van der Waals surface area contributed by atoms with Gasteiger partial charge >= 0.3 is 5.97 Å². The van der Waals surface area contributed by atoms with Crippen LogP contribution in [0, 0.1) is 0 Å². The molecule has 158 valence electrons. The molecule has 0 N–H and O–H groups in total. The van der Waals surface area contributed by atoms with Crippen LogP contribution in [-0.4, -0.2) is 30.0 Å². The van der Waals surface area contributed by atoms with E-state index >= 15 is 0 Å². The lowest BCUT2D eigenvalue weighted by Gasteiger charge is -2.32. The third-order valence-corrected chi connectivity index (χ3v) is 5.08. The molecule has 5 nitrogen and oxygen atoms in total. The van der Waals surface area contributed by atoms with Gasteiger partial charge in [-0.3, -0.25) is 4.79 Å². The first kappa shape index (κ1) is 21.8. The molecular weight excluding hydrogens is 378 g/mol. The summed E-state index contributed by atoms with van der Waals surface area (Å²) in [5.41, 5.74) is 3.56. The number of benzene rings is 2. The van der Waals surface area contributed by atoms with Crippen LogP contribution in [0.25, 0.3) is 0 Å². The van der Waals surface area contributed by atoms with Gasteiger partial charge in [-0.2, -0.15) is 0 Å². The van der Waals surface area contributed by atoms with Crippen LogP contribution >= 0.6 is 0 Å². The Kier molecular flexibility index (Phi) is 8.21. The molecule has 0 fully saturated rings. The summed E-state index contributed by atoms with van der Waals surface area (Å²) < 4.78 is 11.1. The lowest BCUT2D eigenvalue weighted by atomic mass is 9.97. The van der Waals surface area contributed by atoms with Crippen molar-refractivity contribution in [3.63, 3.8) is 0 Å². The second-order valence-corrected chi connectivity index (χ2v) is 7.25. The van der Waals surface area contributed by atoms with Crippen LogP contribution in [0.5, 0.6) is 0 Å². The molecule has 1 heterocycles. The summed E-state index contributed by atoms with van der Waals surface area (Å²) in [5, 5.41) is 0. The van der Waals surface area contributed by atoms with Gasteiger partial charge in [0, 0.05) is 18.7 Å². The molecule has 0 saturated heterocycles. The predicted octanol–water partition coefficient (Wildman–Crippen LogP) is 4.62. The normalized spacial score (nSPS) is 14.2. The predicted molar refractivity (Wildman–Crippen MR) is 115 cm³/mol. The van der Waals surface area contributed by atoms with Crippen LogP contribution in [0.15, 0.2) is 71.9 Å². The van der Waals surface area contributed by atoms with Crippen molar-refractivity contribution >= 4 is 11.9 Å². The van der Waals surface area contributed by atoms with E-state index in [0.29, 0.717) is 51.2 Å². The second kappa shape index (κ2) is 11.3. The molecule has 2 aromatic rings. The third kappa shape index (κ3) is 6.04. The molecule has 0 atom stereocenters. The Hall–Kier alpha value is -2.92. The molecule has 1 amide bonds. The van der Waals surface area contributed by atoms with Gasteiger partial charge in [-0.1, -0.05) is 60.7 Å². The Labute approximate surface area is 178 Å². The number of nitrogens with zero attached hydrogens (tertiary/aromatic N) is 1. The molecule has 30 heavy (non-hydrogen) atoms. The van der Waals surface area contributed by atoms with Gasteiger partial charge in [-0.15, -0.1) is 0 Å². The maximum absolute atomic E-state index is 12.7. The first-order valence-electron chi connectivity index (χ1n) is 10.5. The van der Waals surface area contributed by atoms with E-state index in [1.807, 2.05) is 60.7 Å². The van der Waals surface area contributed by atoms with Gasteiger partial charge in [-0.25, -0.2) is 4.79 Å². The minimum Gasteiger partial charge on any atom is -0.463 e. The summed E-state index contributed by atoms with van der Waals surface area (Å²) in [7, 11) is 0. The first-order chi connectivity index (χ1) is 14.7. The van der Waals surface area contributed by atoms with Crippen LogP contribution in [0.2, 0.25) is 0 Å². The molecule has 0 spiro atoms. The summed E-state index contributed by atoms with van der Waals surface area (Å²) in [6.07, 6.45) is 2.09. The van der Waals surface area contributed by atoms with Crippen molar-refractivity contribution in [1.29, 1.82) is 0 Å². The smallest absolute Gasteiger partial charge is 0.335 e. The Balaban J connectivity index is 1.69. The Morgan fingerprint density at radius 2 is 1.63 bits per heavy atom. The van der Waals surface area contributed by atoms with Crippen molar-refractivity contribution in [3.8, 4) is 0 Å². The molecule has 0 aromatic heterocycles. The number of rotatable bonds is 10.